The number of hydrogen-bond donors (Lipinski definition) is 3. The van der Waals surface area contributed by atoms with Crippen LogP contribution in [0.1, 0.15) is 0 Å². The summed E-state index contributed by atoms with van der Waals surface area (Å²) >= 11 is 7.13. The average molecular weight is 355 g/mol. The molecule has 3 N–H and O–H groups in total. The summed E-state index contributed by atoms with van der Waals surface area (Å²) in [6.45, 7) is 0. The van der Waals surface area contributed by atoms with Crippen molar-refractivity contribution in [3.63, 3.8) is 0 Å². The molecule has 0 bridgehead atoms. The predicted octanol–water partition coefficient (Wildman–Crippen LogP) is 1.33. The predicted molar refractivity (Wildman–Crippen MR) is 87.4 cm³/mol. The third-order valence-corrected chi connectivity index (χ3v) is 4.92. The van der Waals surface area contributed by atoms with Crippen LogP contribution in [0.4, 0.5) is 0 Å². The van der Waals surface area contributed by atoms with E-state index in [1.807, 2.05) is 0 Å². The van der Waals surface area contributed by atoms with E-state index in [1.54, 1.807) is 30.6 Å². The fourth-order valence-electron chi connectivity index (χ4n) is 2.24. The van der Waals surface area contributed by atoms with Gasteiger partial charge in [0.25, 0.3) is 0 Å². The molecule has 1 aliphatic heterocycles. The number of rotatable bonds is 3. The average Bonchev–Trinajstić information content (AvgIpc) is 2.56. The summed E-state index contributed by atoms with van der Waals surface area (Å²) in [5, 5.41) is 29.6. The second kappa shape index (κ2) is 7.02. The molecule has 2 aromatic rings. The molecule has 2 aromatic heterocycles. The fourth-order valence-corrected chi connectivity index (χ4v) is 3.54. The molecule has 0 aliphatic carbocycles. The van der Waals surface area contributed by atoms with Crippen molar-refractivity contribution < 1.29 is 20.1 Å². The van der Waals surface area contributed by atoms with Gasteiger partial charge in [-0.2, -0.15) is 0 Å². The van der Waals surface area contributed by atoms with Crippen molar-refractivity contribution in [3.05, 3.63) is 41.9 Å². The number of aliphatic hydroxyl groups is 3. The van der Waals surface area contributed by atoms with Crippen LogP contribution in [-0.2, 0) is 0 Å². The molecule has 6 nitrogen and oxygen atoms in total. The summed E-state index contributed by atoms with van der Waals surface area (Å²) in [4.78, 5) is 8.06. The van der Waals surface area contributed by atoms with E-state index in [-0.39, 0.29) is 5.75 Å². The number of aromatic nitrogens is 2. The summed E-state index contributed by atoms with van der Waals surface area (Å²) in [7, 11) is 0. The van der Waals surface area contributed by atoms with Gasteiger partial charge in [0.05, 0.1) is 12.3 Å². The van der Waals surface area contributed by atoms with Gasteiger partial charge in [0.1, 0.15) is 23.1 Å². The molecule has 1 aliphatic rings. The summed E-state index contributed by atoms with van der Waals surface area (Å²) in [5.41, 5.74) is 0.962. The summed E-state index contributed by atoms with van der Waals surface area (Å²) < 4.78 is 5.71. The first kappa shape index (κ1) is 16.5. The number of hydrogen-bond acceptors (Lipinski definition) is 7. The second-order valence-electron chi connectivity index (χ2n) is 5.14. The molecule has 3 heterocycles. The van der Waals surface area contributed by atoms with Crippen LogP contribution < -0.4 is 4.74 Å². The molecule has 0 spiro atoms. The number of thioether (sulfide) groups is 1. The molecular formula is C15H15ClN2O4S. The van der Waals surface area contributed by atoms with Gasteiger partial charge in [-0.25, -0.2) is 4.98 Å². The molecule has 122 valence electrons. The van der Waals surface area contributed by atoms with Gasteiger partial charge in [0, 0.05) is 23.7 Å². The molecule has 4 atom stereocenters. The summed E-state index contributed by atoms with van der Waals surface area (Å²) in [6, 6.07) is 5.28. The Morgan fingerprint density at radius 2 is 1.96 bits per heavy atom. The van der Waals surface area contributed by atoms with Crippen molar-refractivity contribution in [2.75, 3.05) is 5.75 Å². The van der Waals surface area contributed by atoms with Gasteiger partial charge in [-0.15, -0.1) is 11.8 Å². The van der Waals surface area contributed by atoms with Crippen LogP contribution in [0, 0.1) is 0 Å². The van der Waals surface area contributed by atoms with E-state index in [9.17, 15) is 15.3 Å². The van der Waals surface area contributed by atoms with Crippen LogP contribution in [0.2, 0.25) is 5.15 Å². The van der Waals surface area contributed by atoms with Crippen LogP contribution in [0.25, 0.3) is 11.1 Å². The Morgan fingerprint density at radius 1 is 1.13 bits per heavy atom. The Morgan fingerprint density at radius 3 is 2.74 bits per heavy atom. The van der Waals surface area contributed by atoms with E-state index < -0.39 is 23.7 Å². The highest BCUT2D eigenvalue weighted by atomic mass is 35.5. The Kier molecular flexibility index (Phi) is 5.03. The zero-order valence-corrected chi connectivity index (χ0v) is 13.5. The van der Waals surface area contributed by atoms with Crippen LogP contribution in [0.3, 0.4) is 0 Å². The van der Waals surface area contributed by atoms with Crippen LogP contribution in [0.15, 0.2) is 36.8 Å². The Hall–Kier alpha value is -1.38. The normalized spacial score (nSPS) is 27.7. The lowest BCUT2D eigenvalue weighted by Crippen LogP contribution is -2.50. The van der Waals surface area contributed by atoms with Gasteiger partial charge >= 0.3 is 0 Å². The Balaban J connectivity index is 1.78. The van der Waals surface area contributed by atoms with Crippen molar-refractivity contribution in [3.8, 4) is 16.9 Å². The van der Waals surface area contributed by atoms with Gasteiger partial charge in [0.15, 0.2) is 5.44 Å². The first-order chi connectivity index (χ1) is 11.0. The lowest BCUT2D eigenvalue weighted by molar-refractivity contribution is -0.0786. The molecule has 3 rings (SSSR count). The highest BCUT2D eigenvalue weighted by molar-refractivity contribution is 7.99. The molecule has 0 aromatic carbocycles. The number of nitrogens with zero attached hydrogens (tertiary/aromatic N) is 2. The topological polar surface area (TPSA) is 95.7 Å². The number of ether oxygens (including phenoxy) is 1. The molecule has 23 heavy (non-hydrogen) atoms. The van der Waals surface area contributed by atoms with E-state index in [4.69, 9.17) is 16.3 Å². The number of aliphatic hydroxyl groups excluding tert-OH is 3. The Labute approximate surface area is 142 Å². The lowest BCUT2D eigenvalue weighted by atomic mass is 10.1. The molecule has 1 fully saturated rings. The first-order valence-corrected chi connectivity index (χ1v) is 8.37. The lowest BCUT2D eigenvalue weighted by Gasteiger charge is -2.34. The quantitative estimate of drug-likeness (QED) is 0.715. The minimum atomic E-state index is -1.23. The van der Waals surface area contributed by atoms with E-state index in [2.05, 4.69) is 9.97 Å². The fraction of sp³-hybridized carbons (Fsp3) is 0.333. The number of pyridine rings is 2. The molecular weight excluding hydrogens is 340 g/mol. The summed E-state index contributed by atoms with van der Waals surface area (Å²) in [6.07, 6.45) is 1.43. The standard InChI is InChI=1S/C15H15ClN2O4S/c16-12-4-8(1-2-18-12)9-3-10(6-17-5-9)22-15-14(21)13(20)11(19)7-23-15/h1-6,11,13-15,19-21H,7H2/t11-,13+,14-,15-/m1/s1. The third-order valence-electron chi connectivity index (χ3n) is 3.48. The van der Waals surface area contributed by atoms with Gasteiger partial charge in [0.2, 0.25) is 0 Å². The monoisotopic (exact) mass is 354 g/mol. The van der Waals surface area contributed by atoms with Crippen LogP contribution in [0.5, 0.6) is 5.75 Å². The molecule has 1 saturated heterocycles. The highest BCUT2D eigenvalue weighted by Crippen LogP contribution is 2.30. The highest BCUT2D eigenvalue weighted by Gasteiger charge is 2.38. The van der Waals surface area contributed by atoms with Gasteiger partial charge in [-0.05, 0) is 23.8 Å². The van der Waals surface area contributed by atoms with Gasteiger partial charge in [-0.1, -0.05) is 11.6 Å². The van der Waals surface area contributed by atoms with Crippen molar-refractivity contribution in [1.29, 1.82) is 0 Å². The van der Waals surface area contributed by atoms with Crippen molar-refractivity contribution in [2.24, 2.45) is 0 Å². The molecule has 0 amide bonds. The third kappa shape index (κ3) is 3.76. The second-order valence-corrected chi connectivity index (χ2v) is 6.66. The largest absolute Gasteiger partial charge is 0.475 e. The van der Waals surface area contributed by atoms with E-state index >= 15 is 0 Å². The van der Waals surface area contributed by atoms with E-state index in [1.165, 1.54) is 18.0 Å². The summed E-state index contributed by atoms with van der Waals surface area (Å²) in [5.74, 6) is 0.742. The molecule has 8 heteroatoms. The van der Waals surface area contributed by atoms with Crippen molar-refractivity contribution >= 4 is 23.4 Å². The smallest absolute Gasteiger partial charge is 0.173 e. The molecule has 0 saturated carbocycles. The number of halogens is 1. The molecule has 0 radical (unpaired) electrons. The zero-order valence-electron chi connectivity index (χ0n) is 11.9. The van der Waals surface area contributed by atoms with Gasteiger partial charge < -0.3 is 20.1 Å². The Bertz CT molecular complexity index is 690. The van der Waals surface area contributed by atoms with Gasteiger partial charge in [-0.3, -0.25) is 4.98 Å². The minimum Gasteiger partial charge on any atom is -0.475 e. The first-order valence-electron chi connectivity index (χ1n) is 6.94. The maximum atomic E-state index is 9.99. The van der Waals surface area contributed by atoms with Crippen molar-refractivity contribution in [1.82, 2.24) is 9.97 Å². The SMILES string of the molecule is O[C@@H]1[C@@H](O)[C@H](Oc2cncc(-c3ccnc(Cl)c3)c2)SC[C@H]1O. The van der Waals surface area contributed by atoms with Crippen LogP contribution in [-0.4, -0.2) is 54.8 Å². The van der Waals surface area contributed by atoms with Crippen LogP contribution >= 0.6 is 23.4 Å². The minimum absolute atomic E-state index is 0.288. The van der Waals surface area contributed by atoms with E-state index in [0.717, 1.165) is 11.1 Å². The van der Waals surface area contributed by atoms with Crippen molar-refractivity contribution in [2.45, 2.75) is 23.7 Å². The zero-order chi connectivity index (χ0) is 16.4. The van der Waals surface area contributed by atoms with E-state index in [0.29, 0.717) is 10.9 Å². The maximum Gasteiger partial charge on any atom is 0.173 e. The maximum absolute atomic E-state index is 9.99. The molecule has 0 unspecified atom stereocenters.